The number of carboxylic acid groups (broad SMARTS) is 1. The third-order valence-electron chi connectivity index (χ3n) is 7.97. The van der Waals surface area contributed by atoms with Crippen molar-refractivity contribution in [2.45, 2.75) is 64.8 Å². The highest BCUT2D eigenvalue weighted by atomic mass is 16.7. The van der Waals surface area contributed by atoms with Gasteiger partial charge in [0.2, 0.25) is 5.91 Å². The van der Waals surface area contributed by atoms with E-state index in [-0.39, 0.29) is 28.7 Å². The summed E-state index contributed by atoms with van der Waals surface area (Å²) in [5, 5.41) is 9.09. The molecule has 2 atom stereocenters. The molecule has 10 nitrogen and oxygen atoms in total. The van der Waals surface area contributed by atoms with Crippen LogP contribution in [-0.4, -0.2) is 49.7 Å². The number of ether oxygens (including phenoxy) is 1. The van der Waals surface area contributed by atoms with Gasteiger partial charge in [-0.2, -0.15) is 0 Å². The predicted molar refractivity (Wildman–Crippen MR) is 164 cm³/mol. The summed E-state index contributed by atoms with van der Waals surface area (Å²) >= 11 is 0. The number of hydrogen-bond donors (Lipinski definition) is 1. The van der Waals surface area contributed by atoms with E-state index < -0.39 is 6.16 Å². The lowest BCUT2D eigenvalue weighted by Crippen LogP contribution is -2.28. The number of rotatable bonds is 9. The number of carbonyl (C=O) groups is 3. The average Bonchev–Trinajstić information content (AvgIpc) is 3.32. The molecule has 5 N–H and O–H groups in total. The number of nitrogens with zero attached hydrogens (tertiary/aromatic N) is 3. The average molecular weight is 590 g/mol. The second-order valence-electron chi connectivity index (χ2n) is 10.8. The Morgan fingerprint density at radius 2 is 1.81 bits per heavy atom. The van der Waals surface area contributed by atoms with Crippen molar-refractivity contribution in [3.05, 3.63) is 77.4 Å². The van der Waals surface area contributed by atoms with Gasteiger partial charge >= 0.3 is 6.16 Å². The molecule has 43 heavy (non-hydrogen) atoms. The maximum absolute atomic E-state index is 13.1. The van der Waals surface area contributed by atoms with E-state index in [1.165, 1.54) is 0 Å². The summed E-state index contributed by atoms with van der Waals surface area (Å²) < 4.78 is 7.20. The molecule has 0 radical (unpaired) electrons. The summed E-state index contributed by atoms with van der Waals surface area (Å²) in [6.07, 6.45) is 10.2. The molecule has 0 saturated heterocycles. The molecule has 3 aromatic rings. The van der Waals surface area contributed by atoms with Crippen LogP contribution in [0.25, 0.3) is 17.2 Å². The van der Waals surface area contributed by atoms with Gasteiger partial charge in [-0.25, -0.2) is 14.8 Å². The van der Waals surface area contributed by atoms with Gasteiger partial charge in [0, 0.05) is 36.8 Å². The van der Waals surface area contributed by atoms with E-state index in [1.807, 2.05) is 48.6 Å². The Bertz CT molecular complexity index is 1490. The number of aryl methyl sites for hydroxylation is 1. The second kappa shape index (κ2) is 15.2. The number of fused-ring (bicyclic) bond motifs is 1. The molecule has 0 bridgehead atoms. The second-order valence-corrected chi connectivity index (χ2v) is 10.8. The van der Waals surface area contributed by atoms with Crippen LogP contribution in [0.15, 0.2) is 59.6 Å². The molecule has 1 fully saturated rings. The zero-order chi connectivity index (χ0) is 28.8. The minimum Gasteiger partial charge on any atom is -0.449 e. The van der Waals surface area contributed by atoms with Gasteiger partial charge < -0.3 is 30.2 Å². The minimum absolute atomic E-state index is 0. The van der Waals surface area contributed by atoms with Gasteiger partial charge in [0.05, 0.1) is 17.1 Å². The Balaban J connectivity index is 0.00000253. The van der Waals surface area contributed by atoms with E-state index >= 15 is 0 Å². The Labute approximate surface area is 250 Å². The molecule has 2 aromatic carbocycles. The van der Waals surface area contributed by atoms with Crippen LogP contribution >= 0.6 is 0 Å². The number of allylic oxidation sites excluding steroid dienone is 1. The van der Waals surface area contributed by atoms with Crippen molar-refractivity contribution < 1.29 is 35.2 Å². The van der Waals surface area contributed by atoms with Gasteiger partial charge in [-0.3, -0.25) is 4.79 Å². The Morgan fingerprint density at radius 1 is 1.07 bits per heavy atom. The van der Waals surface area contributed by atoms with E-state index in [0.717, 1.165) is 79.6 Å². The number of aliphatic imine (C=N–C) groups is 1. The fourth-order valence-corrected chi connectivity index (χ4v) is 5.79. The van der Waals surface area contributed by atoms with E-state index in [9.17, 15) is 14.4 Å². The topological polar surface area (TPSA) is 174 Å². The number of unbranched alkanes of at least 4 members (excludes halogenated alkanes) is 1. The Hall–Kier alpha value is -4.41. The molecule has 2 aliphatic rings. The van der Waals surface area contributed by atoms with Crippen LogP contribution < -0.4 is 4.74 Å². The van der Waals surface area contributed by atoms with Crippen molar-refractivity contribution in [2.75, 3.05) is 0 Å². The first kappa shape index (κ1) is 33.1. The number of para-hydroxylation sites is 1. The molecule has 1 saturated carbocycles. The molecular formula is C33H39N3O7. The number of aldehydes is 1. The largest absolute Gasteiger partial charge is 0.511 e. The van der Waals surface area contributed by atoms with Crippen LogP contribution in [0.1, 0.15) is 68.2 Å². The summed E-state index contributed by atoms with van der Waals surface area (Å²) in [6.45, 7) is 2.77. The van der Waals surface area contributed by atoms with Gasteiger partial charge in [-0.05, 0) is 48.6 Å². The van der Waals surface area contributed by atoms with Crippen LogP contribution in [-0.2, 0) is 29.0 Å². The van der Waals surface area contributed by atoms with Crippen LogP contribution in [0, 0.1) is 11.8 Å². The SMILES string of the molecule is CCCCc1nc2c(n1Cc1ccc(-c3ccccc3OC(=O)O)cc1)CC(=NC(=O)[C@@H]1CCCC[C@H]1C=O)C=C2.O.O. The highest BCUT2D eigenvalue weighted by molar-refractivity contribution is 6.07. The molecule has 10 heteroatoms. The molecule has 1 heterocycles. The minimum atomic E-state index is -1.35. The van der Waals surface area contributed by atoms with Crippen LogP contribution in [0.3, 0.4) is 0 Å². The number of hydrogen-bond acceptors (Lipinski definition) is 5. The first-order chi connectivity index (χ1) is 20.0. The summed E-state index contributed by atoms with van der Waals surface area (Å²) in [6, 6.07) is 15.1. The van der Waals surface area contributed by atoms with Gasteiger partial charge in [0.1, 0.15) is 17.9 Å². The maximum atomic E-state index is 13.1. The number of amides is 1. The molecule has 5 rings (SSSR count). The van der Waals surface area contributed by atoms with Crippen molar-refractivity contribution in [1.82, 2.24) is 9.55 Å². The number of aromatic nitrogens is 2. The third-order valence-corrected chi connectivity index (χ3v) is 7.97. The predicted octanol–water partition coefficient (Wildman–Crippen LogP) is 4.89. The van der Waals surface area contributed by atoms with Gasteiger partial charge in [0.25, 0.3) is 0 Å². The Kier molecular flexibility index (Phi) is 11.7. The zero-order valence-electron chi connectivity index (χ0n) is 24.3. The molecule has 1 aromatic heterocycles. The lowest BCUT2D eigenvalue weighted by Gasteiger charge is -2.25. The highest BCUT2D eigenvalue weighted by Crippen LogP contribution is 2.32. The molecule has 0 unspecified atom stereocenters. The summed E-state index contributed by atoms with van der Waals surface area (Å²) in [5.74, 6) is 0.550. The van der Waals surface area contributed by atoms with Crippen LogP contribution in [0.5, 0.6) is 5.75 Å². The van der Waals surface area contributed by atoms with E-state index in [2.05, 4.69) is 16.5 Å². The van der Waals surface area contributed by atoms with Crippen molar-refractivity contribution >= 4 is 30.1 Å². The lowest BCUT2D eigenvalue weighted by molar-refractivity contribution is -0.128. The van der Waals surface area contributed by atoms with Crippen molar-refractivity contribution in [3.63, 3.8) is 0 Å². The molecule has 2 aliphatic carbocycles. The van der Waals surface area contributed by atoms with Gasteiger partial charge in [-0.1, -0.05) is 68.7 Å². The number of benzene rings is 2. The number of carbonyl (C=O) groups excluding carboxylic acids is 2. The smallest absolute Gasteiger partial charge is 0.449 e. The summed E-state index contributed by atoms with van der Waals surface area (Å²) in [5.41, 5.74) is 5.27. The summed E-state index contributed by atoms with van der Waals surface area (Å²) in [7, 11) is 0. The Morgan fingerprint density at radius 3 is 2.53 bits per heavy atom. The first-order valence-electron chi connectivity index (χ1n) is 14.4. The highest BCUT2D eigenvalue weighted by Gasteiger charge is 2.31. The molecule has 0 spiro atoms. The quantitative estimate of drug-likeness (QED) is 0.211. The van der Waals surface area contributed by atoms with E-state index in [0.29, 0.717) is 30.0 Å². The molecule has 1 amide bonds. The fourth-order valence-electron chi connectivity index (χ4n) is 5.79. The summed E-state index contributed by atoms with van der Waals surface area (Å²) in [4.78, 5) is 45.1. The van der Waals surface area contributed by atoms with E-state index in [4.69, 9.17) is 14.8 Å². The van der Waals surface area contributed by atoms with E-state index in [1.54, 1.807) is 12.1 Å². The first-order valence-corrected chi connectivity index (χ1v) is 14.4. The number of imidazole rings is 1. The molecule has 228 valence electrons. The monoisotopic (exact) mass is 589 g/mol. The van der Waals surface area contributed by atoms with Crippen molar-refractivity contribution in [2.24, 2.45) is 16.8 Å². The fraction of sp³-hybridized carbons (Fsp3) is 0.364. The normalized spacial score (nSPS) is 18.2. The third kappa shape index (κ3) is 7.71. The molecular weight excluding hydrogens is 550 g/mol. The molecule has 0 aliphatic heterocycles. The maximum Gasteiger partial charge on any atom is 0.511 e. The van der Waals surface area contributed by atoms with Crippen molar-refractivity contribution in [1.29, 1.82) is 0 Å². The van der Waals surface area contributed by atoms with Gasteiger partial charge in [-0.15, -0.1) is 0 Å². The van der Waals surface area contributed by atoms with Crippen LogP contribution in [0.2, 0.25) is 0 Å². The van der Waals surface area contributed by atoms with Crippen LogP contribution in [0.4, 0.5) is 4.79 Å². The lowest BCUT2D eigenvalue weighted by atomic mass is 9.79. The zero-order valence-corrected chi connectivity index (χ0v) is 24.3. The van der Waals surface area contributed by atoms with Gasteiger partial charge in [0.15, 0.2) is 0 Å². The van der Waals surface area contributed by atoms with Crippen molar-refractivity contribution in [3.8, 4) is 16.9 Å². The standard InChI is InChI=1S/C33H35N3O5.2H2O/c1-2-3-12-31-35-28-18-17-25(34-32(38)27-10-5-4-8-24(27)21-37)19-29(28)36(31)20-22-13-15-23(16-14-22)26-9-6-7-11-30(26)41-33(39)40;;/h6-7,9,11,13-18,21,24,27H,2-5,8,10,12,19-20H2,1H3,(H,39,40);2*1H2/t24-,27+;;/m0../s1.